The van der Waals surface area contributed by atoms with Gasteiger partial charge < -0.3 is 66.2 Å². The Morgan fingerprint density at radius 3 is 1.25 bits per heavy atom. The maximum Gasteiger partial charge on any atom is 0.372 e. The summed E-state index contributed by atoms with van der Waals surface area (Å²) in [5.74, 6) is -6.37. The summed E-state index contributed by atoms with van der Waals surface area (Å²) in [5, 5.41) is 90.0. The molecule has 6 aromatic carbocycles. The number of carbonyl (C=O) groups is 8. The summed E-state index contributed by atoms with van der Waals surface area (Å²) in [6.07, 6.45) is 6.43. The Hall–Kier alpha value is -12.6. The number of aliphatic hydroxyl groups excluding tert-OH is 1. The van der Waals surface area contributed by atoms with Crippen molar-refractivity contribution in [1.82, 2.24) is 40.7 Å². The summed E-state index contributed by atoms with van der Waals surface area (Å²) in [7, 11) is 9.74. The first kappa shape index (κ1) is 75.4. The monoisotopic (exact) mass is 1370 g/mol. The molecule has 0 bridgehead atoms. The number of likely N-dealkylation sites (N-methyl/N-ethyl adjacent to an activating group) is 5. The maximum absolute atomic E-state index is 12.8. The van der Waals surface area contributed by atoms with Gasteiger partial charge in [-0.1, -0.05) is 76.3 Å². The topological polar surface area (TPSA) is 457 Å². The lowest BCUT2D eigenvalue weighted by atomic mass is 10.00. The lowest BCUT2D eigenvalue weighted by Gasteiger charge is -2.26. The average molecular weight is 1370 g/mol. The molecule has 0 aliphatic heterocycles. The molecule has 4 amide bonds. The highest BCUT2D eigenvalue weighted by Gasteiger charge is 2.33. The number of carbonyl (C=O) groups excluding carboxylic acids is 7. The number of rotatable bonds is 24. The molecule has 0 aliphatic rings. The number of Topliss-reactive ketones (excluding diaryl/α,β-unsaturated/α-hetero) is 3. The van der Waals surface area contributed by atoms with Gasteiger partial charge in [0.05, 0.1) is 53.5 Å². The van der Waals surface area contributed by atoms with Crippen molar-refractivity contribution in [2.75, 3.05) is 35.2 Å². The van der Waals surface area contributed by atoms with E-state index in [0.29, 0.717) is 73.4 Å². The third-order valence-corrected chi connectivity index (χ3v) is 15.3. The van der Waals surface area contributed by atoms with Crippen LogP contribution >= 0.6 is 0 Å². The first-order valence-electron chi connectivity index (χ1n) is 31.5. The van der Waals surface area contributed by atoms with Gasteiger partial charge >= 0.3 is 5.97 Å². The molecule has 11 N–H and O–H groups in total. The number of aromatic nitrogens is 3. The number of hydrogen-bond donors (Lipinski definition) is 11. The summed E-state index contributed by atoms with van der Waals surface area (Å²) in [6.45, 7) is 1.81. The van der Waals surface area contributed by atoms with Crippen molar-refractivity contribution in [2.24, 2.45) is 0 Å². The minimum absolute atomic E-state index is 0.0217. The van der Waals surface area contributed by atoms with E-state index >= 15 is 0 Å². The van der Waals surface area contributed by atoms with Crippen LogP contribution in [0.15, 0.2) is 152 Å². The summed E-state index contributed by atoms with van der Waals surface area (Å²) in [4.78, 5) is 140. The van der Waals surface area contributed by atoms with Gasteiger partial charge in [0, 0.05) is 99.8 Å². The van der Waals surface area contributed by atoms with Gasteiger partial charge in [0.2, 0.25) is 23.4 Å². The molecule has 3 heterocycles. The molecule has 0 fully saturated rings. The number of H-pyrrole nitrogens is 3. The van der Waals surface area contributed by atoms with E-state index in [4.69, 9.17) is 13.0 Å². The first-order chi connectivity index (χ1) is 48.1. The Morgan fingerprint density at radius 1 is 0.535 bits per heavy atom. The second kappa shape index (κ2) is 36.3. The summed E-state index contributed by atoms with van der Waals surface area (Å²) in [5.41, 5.74) is 4.69. The van der Waals surface area contributed by atoms with Gasteiger partial charge in [-0.15, -0.1) is 0 Å². The van der Waals surface area contributed by atoms with Crippen LogP contribution in [0.25, 0.3) is 38.8 Å². The highest BCUT2D eigenvalue weighted by Crippen LogP contribution is 2.33. The highest BCUT2D eigenvalue weighted by molar-refractivity contribution is 6.37. The molecular formula is C69H77N11O19. The average Bonchev–Trinajstić information content (AvgIpc) is 1.70. The third-order valence-electron chi connectivity index (χ3n) is 15.3. The van der Waals surface area contributed by atoms with E-state index < -0.39 is 73.8 Å². The van der Waals surface area contributed by atoms with Crippen molar-refractivity contribution in [3.63, 3.8) is 0 Å². The Labute approximate surface area is 569 Å². The number of fused-ring (bicyclic) bond motifs is 3. The minimum Gasteiger partial charge on any atom is -0.508 e. The molecule has 99 heavy (non-hydrogen) atoms. The molecular weight excluding hydrogens is 1290 g/mol. The summed E-state index contributed by atoms with van der Waals surface area (Å²) in [6, 6.07) is 29.6. The fourth-order valence-corrected chi connectivity index (χ4v) is 10.4. The van der Waals surface area contributed by atoms with Gasteiger partial charge in [0.25, 0.3) is 28.9 Å². The molecule has 30 heteroatoms. The van der Waals surface area contributed by atoms with E-state index in [0.717, 1.165) is 15.4 Å². The van der Waals surface area contributed by atoms with Crippen molar-refractivity contribution in [2.45, 2.75) is 78.4 Å². The van der Waals surface area contributed by atoms with Gasteiger partial charge in [-0.25, -0.2) is 4.79 Å². The molecule has 0 radical (unpaired) electrons. The van der Waals surface area contributed by atoms with Crippen LogP contribution in [-0.4, -0.2) is 165 Å². The number of aliphatic carboxylic acids is 1. The predicted octanol–water partition coefficient (Wildman–Crippen LogP) is 8.25. The molecule has 0 spiro atoms. The lowest BCUT2D eigenvalue weighted by Crippen LogP contribution is -2.50. The number of hydrogen-bond acceptors (Lipinski definition) is 19. The fourth-order valence-electron chi connectivity index (χ4n) is 10.4. The van der Waals surface area contributed by atoms with Crippen LogP contribution in [0.3, 0.4) is 0 Å². The number of nitrogens with one attached hydrogen (secondary N) is 6. The van der Waals surface area contributed by atoms with Gasteiger partial charge in [-0.05, 0) is 108 Å². The van der Waals surface area contributed by atoms with Crippen LogP contribution in [0.2, 0.25) is 0 Å². The van der Waals surface area contributed by atoms with Gasteiger partial charge in [-0.2, -0.15) is 0 Å². The maximum atomic E-state index is 12.8. The number of nitro groups is 3. The number of nitrogens with zero attached hydrogens (tertiary/aromatic N) is 5. The van der Waals surface area contributed by atoms with Crippen molar-refractivity contribution in [3.05, 3.63) is 215 Å². The Balaban J connectivity index is 0.000000294. The number of phenols is 3. The summed E-state index contributed by atoms with van der Waals surface area (Å²) >= 11 is 0. The van der Waals surface area contributed by atoms with Crippen LogP contribution in [0.1, 0.15) is 64.3 Å². The zero-order valence-electron chi connectivity index (χ0n) is 57.1. The Kier molecular flexibility index (Phi) is 27.7. The number of benzene rings is 6. The highest BCUT2D eigenvalue weighted by atomic mass is 16.6. The Morgan fingerprint density at radius 2 is 0.899 bits per heavy atom. The number of nitro benzene ring substituents is 3. The zero-order valence-corrected chi connectivity index (χ0v) is 55.1. The molecule has 30 nitrogen and oxygen atoms in total. The van der Waals surface area contributed by atoms with E-state index in [9.17, 15) is 84.0 Å². The molecule has 522 valence electrons. The van der Waals surface area contributed by atoms with Crippen molar-refractivity contribution in [3.8, 4) is 17.2 Å². The van der Waals surface area contributed by atoms with Crippen LogP contribution in [0, 0.1) is 30.3 Å². The first-order valence-corrected chi connectivity index (χ1v) is 29.5. The van der Waals surface area contributed by atoms with E-state index in [-0.39, 0.29) is 71.8 Å². The van der Waals surface area contributed by atoms with Crippen LogP contribution < -0.4 is 16.0 Å². The number of amides is 4. The van der Waals surface area contributed by atoms with Crippen molar-refractivity contribution < 1.29 is 81.4 Å². The van der Waals surface area contributed by atoms with Crippen LogP contribution in [0.5, 0.6) is 17.2 Å². The largest absolute Gasteiger partial charge is 0.508 e. The minimum atomic E-state index is -1.46. The molecule has 9 rings (SSSR count). The molecule has 3 aromatic heterocycles. The van der Waals surface area contributed by atoms with E-state index in [1.54, 1.807) is 98.4 Å². The molecule has 0 unspecified atom stereocenters. The van der Waals surface area contributed by atoms with Crippen molar-refractivity contribution >= 4 is 103 Å². The molecule has 3 atom stereocenters. The van der Waals surface area contributed by atoms with Gasteiger partial charge in [0.15, 0.2) is 5.76 Å². The number of aromatic amines is 3. The lowest BCUT2D eigenvalue weighted by molar-refractivity contribution is -0.383. The van der Waals surface area contributed by atoms with Crippen LogP contribution in [-0.2, 0) is 70.5 Å². The second-order valence-electron chi connectivity index (χ2n) is 21.6. The van der Waals surface area contributed by atoms with Crippen molar-refractivity contribution in [1.29, 1.82) is 0 Å². The van der Waals surface area contributed by atoms with Gasteiger partial charge in [-0.3, -0.25) is 63.9 Å². The van der Waals surface area contributed by atoms with E-state index in [1.807, 2.05) is 6.92 Å². The molecule has 0 aliphatic carbocycles. The number of ketones is 3. The standard InChI is InChI=1S/2C22H22N4O6.C14H17N3O3.C9H8O4.2CH4/c2*1-23-21(29)18(11-14-12-24-16-7-4-8-17(20(14)16)26(31)32)25(2)22(30)19(28)10-13-5-3-6-15(27)9-13;1-3-13(18)11(15-2)7-9-8-16-10-5-4-6-12(14(9)10)17(19)20;10-7-3-1-2-6(4-7)5-8(11)9(12)13;;/h3-9,12,18,24,27H,10-11H2,1-2H3,(H,23,29);3-10,12,18,24,27-28H,11H2,1-2H3,(H,23,29);4-6,8,11,15-16H,3,7H2,1-2H3;1-4,10H,5H2,(H,12,13);2*1H4/b;19-10+;;;;/t2*18-;11-;;;/m001.../s1/i;;;;2*1T. The molecule has 0 saturated carbocycles. The number of aliphatic hydroxyl groups is 1. The van der Waals surface area contributed by atoms with E-state index in [1.165, 1.54) is 104 Å². The van der Waals surface area contributed by atoms with Crippen LogP contribution in [0.4, 0.5) is 17.1 Å². The number of phenolic OH excluding ortho intramolecular Hbond substituents is 3. The smallest absolute Gasteiger partial charge is 0.372 e. The number of aromatic hydroxyl groups is 3. The number of carboxylic acid groups (broad SMARTS) is 1. The quantitative estimate of drug-likeness (QED) is 0.00891. The normalized spacial score (nSPS) is 11.7. The number of non-ortho nitro benzene ring substituents is 3. The molecule has 0 saturated heterocycles. The Bertz CT molecular complexity index is 4490. The van der Waals surface area contributed by atoms with E-state index in [2.05, 4.69) is 30.9 Å². The van der Waals surface area contributed by atoms with Gasteiger partial charge in [0.1, 0.15) is 35.1 Å². The molecule has 9 aromatic rings. The summed E-state index contributed by atoms with van der Waals surface area (Å²) < 4.78 is 11.5. The number of carboxylic acids is 1. The second-order valence-corrected chi connectivity index (χ2v) is 21.6. The SMILES string of the molecule is CCC(=O)[C@@H](Cc1c[nH]c2cccc([N+](=O)[O-])c12)NC.CNC(=O)[C@H](Cc1c[nH]c2cccc([N+](=O)[O-])c12)N(C)C(=O)/C(O)=C\c1cccc(O)c1.CNC(=O)[C@H](Cc1c[nH]c2cccc([N+](=O)[O-])c12)N(C)C(=O)C(=O)Cc1cccc(O)c1.O=C(O)C(=O)Cc1cccc(O)c1.[3H]C.[3H]C. The third kappa shape index (κ3) is 20.5. The predicted molar refractivity (Wildman–Crippen MR) is 369 cm³/mol. The fraction of sp³-hybridized carbons (Fsp3) is 0.246. The zero-order chi connectivity index (χ0) is 75.4.